The Kier molecular flexibility index (Phi) is 4.37. The fourth-order valence-electron chi connectivity index (χ4n) is 2.49. The minimum absolute atomic E-state index is 0.0425. The van der Waals surface area contributed by atoms with E-state index in [1.54, 1.807) is 55.5 Å². The molecule has 6 heteroatoms. The normalized spacial score (nSPS) is 13.1. The first-order valence-corrected chi connectivity index (χ1v) is 7.53. The largest absolute Gasteiger partial charge is 0.497 e. The van der Waals surface area contributed by atoms with Crippen molar-refractivity contribution in [3.05, 3.63) is 48.0 Å². The summed E-state index contributed by atoms with van der Waals surface area (Å²) in [4.78, 5) is 25.4. The highest BCUT2D eigenvalue weighted by molar-refractivity contribution is 5.98. The molecular weight excluding hydrogens is 308 g/mol. The molecular formula is C18H18N2O4. The van der Waals surface area contributed by atoms with Crippen LogP contribution in [0, 0.1) is 0 Å². The van der Waals surface area contributed by atoms with Crippen LogP contribution in [0.15, 0.2) is 42.5 Å². The number of ether oxygens (including phenoxy) is 2. The zero-order valence-electron chi connectivity index (χ0n) is 13.5. The summed E-state index contributed by atoms with van der Waals surface area (Å²) in [6, 6.07) is 12.6. The Bertz CT molecular complexity index is 771. The Morgan fingerprint density at radius 2 is 2.00 bits per heavy atom. The fourth-order valence-corrected chi connectivity index (χ4v) is 2.49. The highest BCUT2D eigenvalue weighted by Gasteiger charge is 2.22. The average molecular weight is 326 g/mol. The second-order valence-corrected chi connectivity index (χ2v) is 5.50. The first kappa shape index (κ1) is 15.9. The van der Waals surface area contributed by atoms with Crippen LogP contribution in [-0.2, 0) is 16.0 Å². The Hall–Kier alpha value is -3.02. The lowest BCUT2D eigenvalue weighted by Gasteiger charge is -2.26. The predicted octanol–water partition coefficient (Wildman–Crippen LogP) is 2.23. The summed E-state index contributed by atoms with van der Waals surface area (Å²) in [5, 5.41) is 2.84. The zero-order chi connectivity index (χ0) is 17.1. The van der Waals surface area contributed by atoms with Gasteiger partial charge in [0.15, 0.2) is 6.61 Å². The van der Waals surface area contributed by atoms with Gasteiger partial charge in [0.25, 0.3) is 5.91 Å². The molecule has 3 rings (SSSR count). The number of hydrogen-bond acceptors (Lipinski definition) is 4. The second-order valence-electron chi connectivity index (χ2n) is 5.50. The van der Waals surface area contributed by atoms with E-state index in [2.05, 4.69) is 5.32 Å². The summed E-state index contributed by atoms with van der Waals surface area (Å²) in [5.74, 6) is 1.14. The van der Waals surface area contributed by atoms with E-state index in [0.717, 1.165) is 11.3 Å². The third-order valence-electron chi connectivity index (χ3n) is 3.85. The quantitative estimate of drug-likeness (QED) is 0.935. The van der Waals surface area contributed by atoms with Crippen molar-refractivity contribution in [2.45, 2.75) is 6.42 Å². The van der Waals surface area contributed by atoms with E-state index >= 15 is 0 Å². The van der Waals surface area contributed by atoms with Crippen LogP contribution in [-0.4, -0.2) is 32.6 Å². The van der Waals surface area contributed by atoms with Crippen LogP contribution in [0.2, 0.25) is 0 Å². The van der Waals surface area contributed by atoms with E-state index in [0.29, 0.717) is 17.1 Å². The van der Waals surface area contributed by atoms with Crippen LogP contribution in [0.4, 0.5) is 11.4 Å². The van der Waals surface area contributed by atoms with E-state index in [-0.39, 0.29) is 24.8 Å². The lowest BCUT2D eigenvalue weighted by atomic mass is 10.1. The van der Waals surface area contributed by atoms with Gasteiger partial charge in [0.1, 0.15) is 11.5 Å². The lowest BCUT2D eigenvalue weighted by molar-refractivity contribution is -0.121. The maximum Gasteiger partial charge on any atom is 0.264 e. The van der Waals surface area contributed by atoms with Gasteiger partial charge in [-0.05, 0) is 42.0 Å². The number of likely N-dealkylation sites (N-methyl/N-ethyl adjacent to an activating group) is 1. The summed E-state index contributed by atoms with van der Waals surface area (Å²) in [6.45, 7) is 0.0425. The molecule has 0 bridgehead atoms. The van der Waals surface area contributed by atoms with Gasteiger partial charge in [-0.1, -0.05) is 6.07 Å². The van der Waals surface area contributed by atoms with Crippen molar-refractivity contribution in [2.75, 3.05) is 31.0 Å². The third-order valence-corrected chi connectivity index (χ3v) is 3.85. The molecule has 0 fully saturated rings. The van der Waals surface area contributed by atoms with Crippen molar-refractivity contribution in [3.8, 4) is 11.5 Å². The van der Waals surface area contributed by atoms with Gasteiger partial charge in [-0.3, -0.25) is 9.59 Å². The molecule has 1 heterocycles. The molecule has 0 saturated carbocycles. The summed E-state index contributed by atoms with van der Waals surface area (Å²) in [7, 11) is 3.29. The van der Waals surface area contributed by atoms with Crippen LogP contribution < -0.4 is 19.7 Å². The van der Waals surface area contributed by atoms with E-state index < -0.39 is 0 Å². The van der Waals surface area contributed by atoms with Gasteiger partial charge in [0, 0.05) is 12.7 Å². The number of benzene rings is 2. The van der Waals surface area contributed by atoms with E-state index in [1.807, 2.05) is 6.07 Å². The number of hydrogen-bond donors (Lipinski definition) is 1. The molecule has 2 amide bonds. The molecule has 0 spiro atoms. The highest BCUT2D eigenvalue weighted by atomic mass is 16.5. The second kappa shape index (κ2) is 6.62. The Morgan fingerprint density at radius 1 is 1.25 bits per heavy atom. The predicted molar refractivity (Wildman–Crippen MR) is 90.7 cm³/mol. The zero-order valence-corrected chi connectivity index (χ0v) is 13.5. The summed E-state index contributed by atoms with van der Waals surface area (Å²) in [6.07, 6.45) is 0.210. The number of nitrogens with zero attached hydrogens (tertiary/aromatic N) is 1. The molecule has 0 aliphatic carbocycles. The molecule has 2 aromatic rings. The van der Waals surface area contributed by atoms with Crippen molar-refractivity contribution in [1.82, 2.24) is 0 Å². The topological polar surface area (TPSA) is 67.9 Å². The van der Waals surface area contributed by atoms with Gasteiger partial charge < -0.3 is 19.7 Å². The summed E-state index contributed by atoms with van der Waals surface area (Å²) >= 11 is 0. The molecule has 0 radical (unpaired) electrons. The number of anilines is 2. The molecule has 1 N–H and O–H groups in total. The SMILES string of the molecule is COc1ccc(NC(=O)Cc2ccc3c(c2)N(C)C(=O)CO3)cc1. The average Bonchev–Trinajstić information content (AvgIpc) is 2.59. The number of carbonyl (C=O) groups excluding carboxylic acids is 2. The van der Waals surface area contributed by atoms with E-state index in [4.69, 9.17) is 9.47 Å². The summed E-state index contributed by atoms with van der Waals surface area (Å²) < 4.78 is 10.5. The number of methoxy groups -OCH3 is 1. The minimum atomic E-state index is -0.133. The van der Waals surface area contributed by atoms with Crippen LogP contribution in [0.25, 0.3) is 0 Å². The van der Waals surface area contributed by atoms with Gasteiger partial charge >= 0.3 is 0 Å². The standard InChI is InChI=1S/C18H18N2O4/c1-20-15-9-12(3-8-16(15)24-11-18(20)22)10-17(21)19-13-4-6-14(23-2)7-5-13/h3-9H,10-11H2,1-2H3,(H,19,21). The van der Waals surface area contributed by atoms with Crippen LogP contribution in [0.5, 0.6) is 11.5 Å². The van der Waals surface area contributed by atoms with Gasteiger partial charge in [-0.15, -0.1) is 0 Å². The Morgan fingerprint density at radius 3 is 2.71 bits per heavy atom. The molecule has 6 nitrogen and oxygen atoms in total. The lowest BCUT2D eigenvalue weighted by Crippen LogP contribution is -2.35. The summed E-state index contributed by atoms with van der Waals surface area (Å²) in [5.41, 5.74) is 2.19. The van der Waals surface area contributed by atoms with Crippen molar-refractivity contribution in [2.24, 2.45) is 0 Å². The molecule has 0 atom stereocenters. The first-order chi connectivity index (χ1) is 11.6. The van der Waals surface area contributed by atoms with Crippen molar-refractivity contribution >= 4 is 23.2 Å². The molecule has 0 unspecified atom stereocenters. The van der Waals surface area contributed by atoms with Crippen molar-refractivity contribution in [1.29, 1.82) is 0 Å². The third kappa shape index (κ3) is 3.32. The number of carbonyl (C=O) groups is 2. The van der Waals surface area contributed by atoms with Gasteiger partial charge in [0.05, 0.1) is 19.2 Å². The molecule has 0 aromatic heterocycles. The van der Waals surface area contributed by atoms with Gasteiger partial charge in [0.2, 0.25) is 5.91 Å². The van der Waals surface area contributed by atoms with E-state index in [9.17, 15) is 9.59 Å². The molecule has 24 heavy (non-hydrogen) atoms. The minimum Gasteiger partial charge on any atom is -0.497 e. The Balaban J connectivity index is 1.69. The fraction of sp³-hybridized carbons (Fsp3) is 0.222. The molecule has 1 aliphatic heterocycles. The first-order valence-electron chi connectivity index (χ1n) is 7.53. The van der Waals surface area contributed by atoms with Crippen LogP contribution >= 0.6 is 0 Å². The van der Waals surface area contributed by atoms with E-state index in [1.165, 1.54) is 0 Å². The number of fused-ring (bicyclic) bond motifs is 1. The van der Waals surface area contributed by atoms with Crippen molar-refractivity contribution < 1.29 is 19.1 Å². The molecule has 124 valence electrons. The van der Waals surface area contributed by atoms with Gasteiger partial charge in [-0.25, -0.2) is 0 Å². The molecule has 2 aromatic carbocycles. The van der Waals surface area contributed by atoms with Crippen LogP contribution in [0.3, 0.4) is 0 Å². The highest BCUT2D eigenvalue weighted by Crippen LogP contribution is 2.32. The number of nitrogens with one attached hydrogen (secondary N) is 1. The Labute approximate surface area is 140 Å². The number of amides is 2. The molecule has 0 saturated heterocycles. The maximum atomic E-state index is 12.2. The smallest absolute Gasteiger partial charge is 0.264 e. The van der Waals surface area contributed by atoms with Gasteiger partial charge in [-0.2, -0.15) is 0 Å². The number of rotatable bonds is 4. The molecule has 1 aliphatic rings. The monoisotopic (exact) mass is 326 g/mol. The van der Waals surface area contributed by atoms with Crippen molar-refractivity contribution in [3.63, 3.8) is 0 Å². The van der Waals surface area contributed by atoms with Crippen LogP contribution in [0.1, 0.15) is 5.56 Å². The maximum absolute atomic E-state index is 12.2.